The molecule has 0 aromatic rings. The van der Waals surface area contributed by atoms with Crippen LogP contribution >= 0.6 is 0 Å². The van der Waals surface area contributed by atoms with Crippen molar-refractivity contribution in [2.45, 2.75) is 0 Å². The second kappa shape index (κ2) is 29.1. The van der Waals surface area contributed by atoms with Gasteiger partial charge in [0.15, 0.2) is 0 Å². The molecule has 0 nitrogen and oxygen atoms in total. The molecule has 0 atom stereocenters. The molecule has 0 aliphatic heterocycles. The Morgan fingerprint density at radius 2 is 1.20 bits per heavy atom. The van der Waals surface area contributed by atoms with Crippen molar-refractivity contribution in [1.82, 2.24) is 0 Å². The van der Waals surface area contributed by atoms with Crippen LogP contribution in [-0.2, 0) is 67.4 Å². The maximum absolute atomic E-state index is 0. The van der Waals surface area contributed by atoms with Gasteiger partial charge in [0.05, 0.1) is 0 Å². The largest absolute Gasteiger partial charge is 2.00 e. The average molecular weight is 255 g/mol. The van der Waals surface area contributed by atoms with E-state index in [0.29, 0.717) is 0 Å². The van der Waals surface area contributed by atoms with E-state index in [9.17, 15) is 0 Å². The molecule has 0 heterocycles. The Kier molecular flexibility index (Phi) is 268. The van der Waals surface area contributed by atoms with Crippen LogP contribution in [0, 0.1) is 0 Å². The van der Waals surface area contributed by atoms with Gasteiger partial charge in [-0.15, -0.1) is 0 Å². The Morgan fingerprint density at radius 1 is 1.20 bits per heavy atom. The fraction of sp³-hybridized carbons (Fsp3) is 0. The molecule has 5 heteroatoms. The van der Waals surface area contributed by atoms with Gasteiger partial charge in [-0.05, 0) is 0 Å². The van der Waals surface area contributed by atoms with Crippen molar-refractivity contribution in [3.63, 3.8) is 0 Å². The third-order valence-electron chi connectivity index (χ3n) is 0. The Morgan fingerprint density at radius 3 is 1.20 bits per heavy atom. The molecule has 0 unspecified atom stereocenters. The predicted molar refractivity (Wildman–Crippen MR) is 7.98 cm³/mol. The topological polar surface area (TPSA) is 0 Å². The van der Waals surface area contributed by atoms with Crippen LogP contribution in [0.15, 0.2) is 0 Å². The van der Waals surface area contributed by atoms with Gasteiger partial charge in [-0.2, -0.15) is 0 Å². The number of hydrogen-bond donors (Lipinski definition) is 0. The molecule has 5 heavy (non-hydrogen) atoms. The summed E-state index contributed by atoms with van der Waals surface area (Å²) in [6, 6.07) is 0. The minimum Gasteiger partial charge on any atom is -1.00 e. The molecule has 0 aliphatic rings. The van der Waals surface area contributed by atoms with E-state index in [1.165, 1.54) is 0 Å². The van der Waals surface area contributed by atoms with E-state index in [2.05, 4.69) is 0 Å². The number of hydrogen-bond acceptors (Lipinski definition) is 0. The molecule has 0 spiro atoms. The second-order valence-electron chi connectivity index (χ2n) is 0. The molecule has 0 saturated heterocycles. The first kappa shape index (κ1) is 45.9. The molecule has 0 bridgehead atoms. The molecule has 2 radical (unpaired) electrons. The Bertz CT molecular complexity index is 17.7. The van der Waals surface area contributed by atoms with Crippen LogP contribution in [0.1, 0.15) is 2.85 Å². The van der Waals surface area contributed by atoms with Crippen molar-refractivity contribution in [3.05, 3.63) is 0 Å². The molecule has 0 rings (SSSR count). The zero-order valence-electron chi connectivity index (χ0n) is 4.09. The predicted octanol–water partition coefficient (Wildman–Crippen LogP) is -0.166. The Balaban J connectivity index is 0. The van der Waals surface area contributed by atoms with Crippen molar-refractivity contribution >= 4 is 23.1 Å². The van der Waals surface area contributed by atoms with Gasteiger partial charge in [-0.25, -0.2) is 0 Å². The van der Waals surface area contributed by atoms with Crippen molar-refractivity contribution in [2.24, 2.45) is 0 Å². The standard InChI is InChI=1S/Co.Fe.Mg.Mn.Ni.2H/q;;+2;;;2*-1. The maximum atomic E-state index is 0. The third kappa shape index (κ3) is 20.0. The summed E-state index contributed by atoms with van der Waals surface area (Å²) in [5.74, 6) is 0. The molecule has 0 aromatic carbocycles. The van der Waals surface area contributed by atoms with Gasteiger partial charge in [0, 0.05) is 67.4 Å². The van der Waals surface area contributed by atoms with Crippen LogP contribution in [0.5, 0.6) is 0 Å². The molecule has 0 saturated carbocycles. The molecular formula is H2CoFeMgMnNi. The van der Waals surface area contributed by atoms with E-state index >= 15 is 0 Å². The van der Waals surface area contributed by atoms with Crippen LogP contribution in [0.3, 0.4) is 0 Å². The molecule has 0 N–H and O–H groups in total. The minimum atomic E-state index is 0. The molecular weight excluding hydrogens is 253 g/mol. The summed E-state index contributed by atoms with van der Waals surface area (Å²) in [4.78, 5) is 0. The fourth-order valence-corrected chi connectivity index (χ4v) is 0. The van der Waals surface area contributed by atoms with Crippen molar-refractivity contribution < 1.29 is 70.3 Å². The van der Waals surface area contributed by atoms with E-state index in [1.807, 2.05) is 0 Å². The van der Waals surface area contributed by atoms with Crippen molar-refractivity contribution in [3.8, 4) is 0 Å². The van der Waals surface area contributed by atoms with Crippen LogP contribution in [-0.4, -0.2) is 23.1 Å². The number of rotatable bonds is 0. The van der Waals surface area contributed by atoms with Gasteiger partial charge >= 0.3 is 23.1 Å². The van der Waals surface area contributed by atoms with E-state index in [-0.39, 0.29) is 93.3 Å². The van der Waals surface area contributed by atoms with Crippen molar-refractivity contribution in [1.29, 1.82) is 0 Å². The van der Waals surface area contributed by atoms with E-state index < -0.39 is 0 Å². The summed E-state index contributed by atoms with van der Waals surface area (Å²) < 4.78 is 0. The Hall–Kier alpha value is 2.81. The summed E-state index contributed by atoms with van der Waals surface area (Å²) in [5.41, 5.74) is 0. The Labute approximate surface area is 92.2 Å². The maximum Gasteiger partial charge on any atom is 2.00 e. The first-order chi connectivity index (χ1) is 0. The van der Waals surface area contributed by atoms with Gasteiger partial charge in [-0.1, -0.05) is 0 Å². The van der Waals surface area contributed by atoms with Gasteiger partial charge < -0.3 is 2.85 Å². The third-order valence-corrected chi connectivity index (χ3v) is 0. The van der Waals surface area contributed by atoms with Crippen molar-refractivity contribution in [2.75, 3.05) is 0 Å². The summed E-state index contributed by atoms with van der Waals surface area (Å²) in [6.07, 6.45) is 0. The normalized spacial score (nSPS) is 0. The van der Waals surface area contributed by atoms with Gasteiger partial charge in [0.2, 0.25) is 0 Å². The zero-order chi connectivity index (χ0) is 0. The van der Waals surface area contributed by atoms with Crippen LogP contribution in [0.2, 0.25) is 0 Å². The first-order valence-electron chi connectivity index (χ1n) is 0. The van der Waals surface area contributed by atoms with Gasteiger partial charge in [0.25, 0.3) is 0 Å². The monoisotopic (exact) mass is 254 g/mol. The molecule has 0 aliphatic carbocycles. The van der Waals surface area contributed by atoms with E-state index in [4.69, 9.17) is 0 Å². The summed E-state index contributed by atoms with van der Waals surface area (Å²) in [5, 5.41) is 0. The van der Waals surface area contributed by atoms with Crippen LogP contribution < -0.4 is 0 Å². The zero-order valence-corrected chi connectivity index (χ0v) is 7.82. The van der Waals surface area contributed by atoms with Crippen LogP contribution in [0.25, 0.3) is 0 Å². The second-order valence-corrected chi connectivity index (χ2v) is 0. The fourth-order valence-electron chi connectivity index (χ4n) is 0. The smallest absolute Gasteiger partial charge is 1.00 e. The first-order valence-corrected chi connectivity index (χ1v) is 0. The van der Waals surface area contributed by atoms with Gasteiger partial charge in [-0.3, -0.25) is 0 Å². The minimum absolute atomic E-state index is 0. The van der Waals surface area contributed by atoms with Crippen LogP contribution in [0.4, 0.5) is 0 Å². The molecule has 0 aromatic heterocycles. The quantitative estimate of drug-likeness (QED) is 0.527. The van der Waals surface area contributed by atoms with E-state index in [1.54, 1.807) is 0 Å². The van der Waals surface area contributed by atoms with E-state index in [0.717, 1.165) is 0 Å². The molecule has 0 fully saturated rings. The van der Waals surface area contributed by atoms with Gasteiger partial charge in [0.1, 0.15) is 0 Å². The molecule has 38 valence electrons. The average Bonchev–Trinajstić information content (AvgIpc) is 0. The summed E-state index contributed by atoms with van der Waals surface area (Å²) >= 11 is 0. The SMILES string of the molecule is [Co].[Fe].[H-].[H-].[Mg+2].[Mn].[Ni]. The summed E-state index contributed by atoms with van der Waals surface area (Å²) in [6.45, 7) is 0. The summed E-state index contributed by atoms with van der Waals surface area (Å²) in [7, 11) is 0. The molecule has 0 amide bonds.